The SMILES string of the molecule is Cl.Cl.O=C(/C=C\C1=Cc2cnc3cccc(n23)S1)NC1CCN(CCc2ccccc2)CC1. The first-order valence-corrected chi connectivity index (χ1v) is 11.7. The van der Waals surface area contributed by atoms with Crippen LogP contribution in [0.5, 0.6) is 0 Å². The zero-order valence-electron chi connectivity index (χ0n) is 18.2. The van der Waals surface area contributed by atoms with Gasteiger partial charge >= 0.3 is 0 Å². The zero-order chi connectivity index (χ0) is 21.0. The van der Waals surface area contributed by atoms with Gasteiger partial charge in [0.25, 0.3) is 0 Å². The van der Waals surface area contributed by atoms with Gasteiger partial charge in [0.15, 0.2) is 0 Å². The lowest BCUT2D eigenvalue weighted by atomic mass is 10.0. The van der Waals surface area contributed by atoms with E-state index in [1.165, 1.54) is 5.56 Å². The Morgan fingerprint density at radius 1 is 1.09 bits per heavy atom. The second-order valence-corrected chi connectivity index (χ2v) is 9.18. The van der Waals surface area contributed by atoms with E-state index in [1.54, 1.807) is 17.8 Å². The van der Waals surface area contributed by atoms with Crippen LogP contribution in [0.4, 0.5) is 0 Å². The zero-order valence-corrected chi connectivity index (χ0v) is 20.7. The first-order chi connectivity index (χ1) is 15.2. The molecule has 0 aliphatic carbocycles. The number of aromatic nitrogens is 2. The summed E-state index contributed by atoms with van der Waals surface area (Å²) in [5.41, 5.74) is 3.39. The molecule has 1 saturated heterocycles. The maximum absolute atomic E-state index is 12.5. The normalized spacial score (nSPS) is 16.2. The van der Waals surface area contributed by atoms with E-state index in [-0.39, 0.29) is 36.8 Å². The van der Waals surface area contributed by atoms with E-state index in [2.05, 4.69) is 62.1 Å². The first-order valence-electron chi connectivity index (χ1n) is 10.9. The van der Waals surface area contributed by atoms with Crippen LogP contribution in [0.2, 0.25) is 0 Å². The van der Waals surface area contributed by atoms with Crippen molar-refractivity contribution >= 4 is 54.2 Å². The Hall–Kier alpha value is -2.25. The molecule has 2 aliphatic heterocycles. The molecule has 0 saturated carbocycles. The molecule has 1 N–H and O–H groups in total. The summed E-state index contributed by atoms with van der Waals surface area (Å²) in [6.07, 6.45) is 10.6. The minimum absolute atomic E-state index is 0. The van der Waals surface area contributed by atoms with E-state index >= 15 is 0 Å². The Kier molecular flexibility index (Phi) is 9.03. The smallest absolute Gasteiger partial charge is 0.244 e. The molecule has 1 fully saturated rings. The van der Waals surface area contributed by atoms with Crippen LogP contribution in [-0.4, -0.2) is 45.9 Å². The molecule has 0 atom stereocenters. The van der Waals surface area contributed by atoms with Crippen LogP contribution in [0.3, 0.4) is 0 Å². The highest BCUT2D eigenvalue weighted by atomic mass is 35.5. The molecular formula is C25H28Cl2N4OS. The van der Waals surface area contributed by atoms with Gasteiger partial charge < -0.3 is 10.2 Å². The number of thioether (sulfide) groups is 1. The number of allylic oxidation sites excluding steroid dienone is 1. The fourth-order valence-electron chi connectivity index (χ4n) is 4.23. The molecule has 5 nitrogen and oxygen atoms in total. The van der Waals surface area contributed by atoms with E-state index in [1.807, 2.05) is 24.4 Å². The van der Waals surface area contributed by atoms with Crippen LogP contribution in [-0.2, 0) is 11.2 Å². The van der Waals surface area contributed by atoms with Crippen LogP contribution in [0.25, 0.3) is 11.7 Å². The molecule has 1 aromatic carbocycles. The molecule has 0 bridgehead atoms. The molecule has 4 heterocycles. The van der Waals surface area contributed by atoms with Gasteiger partial charge in [-0.05, 0) is 49.1 Å². The van der Waals surface area contributed by atoms with Crippen molar-refractivity contribution in [2.24, 2.45) is 0 Å². The number of likely N-dealkylation sites (tertiary alicyclic amines) is 1. The number of carbonyl (C=O) groups is 1. The summed E-state index contributed by atoms with van der Waals surface area (Å²) >= 11 is 1.66. The minimum Gasteiger partial charge on any atom is -0.350 e. The number of nitrogens with one attached hydrogen (secondary N) is 1. The second-order valence-electron chi connectivity index (χ2n) is 8.08. The predicted molar refractivity (Wildman–Crippen MR) is 140 cm³/mol. The Labute approximate surface area is 211 Å². The number of benzene rings is 1. The Bertz CT molecular complexity index is 1140. The standard InChI is InChI=1S/C25H26N4OS.2ClH/c30-24(10-9-22-17-21-18-26-23-7-4-8-25(31-22)29(21)23)27-20-12-15-28(16-13-20)14-11-19-5-2-1-3-6-19;;/h1-10,17-18,20H,11-16H2,(H,27,30);2*1H/b10-9-;;. The molecule has 33 heavy (non-hydrogen) atoms. The molecule has 1 amide bonds. The van der Waals surface area contributed by atoms with Gasteiger partial charge in [-0.2, -0.15) is 0 Å². The van der Waals surface area contributed by atoms with E-state index < -0.39 is 0 Å². The third-order valence-electron chi connectivity index (χ3n) is 5.93. The molecular weight excluding hydrogens is 475 g/mol. The summed E-state index contributed by atoms with van der Waals surface area (Å²) in [6, 6.07) is 17.0. The largest absolute Gasteiger partial charge is 0.350 e. The first kappa shape index (κ1) is 25.4. The highest BCUT2D eigenvalue weighted by Crippen LogP contribution is 2.34. The molecule has 0 unspecified atom stereocenters. The lowest BCUT2D eigenvalue weighted by Gasteiger charge is -2.32. The average Bonchev–Trinajstić information content (AvgIpc) is 3.22. The van der Waals surface area contributed by atoms with Crippen molar-refractivity contribution in [3.05, 3.63) is 83.0 Å². The van der Waals surface area contributed by atoms with Crippen LogP contribution >= 0.6 is 36.6 Å². The van der Waals surface area contributed by atoms with Crippen molar-refractivity contribution in [3.63, 3.8) is 0 Å². The summed E-state index contributed by atoms with van der Waals surface area (Å²) in [6.45, 7) is 3.16. The predicted octanol–water partition coefficient (Wildman–Crippen LogP) is 5.00. The molecule has 0 spiro atoms. The third kappa shape index (κ3) is 6.21. The van der Waals surface area contributed by atoms with Crippen molar-refractivity contribution in [3.8, 4) is 0 Å². The summed E-state index contributed by atoms with van der Waals surface area (Å²) in [7, 11) is 0. The topological polar surface area (TPSA) is 49.6 Å². The molecule has 5 rings (SSSR count). The van der Waals surface area contributed by atoms with E-state index in [0.29, 0.717) is 0 Å². The highest BCUT2D eigenvalue weighted by Gasteiger charge is 2.20. The monoisotopic (exact) mass is 502 g/mol. The summed E-state index contributed by atoms with van der Waals surface area (Å²) in [5, 5.41) is 4.30. The van der Waals surface area contributed by atoms with Crippen molar-refractivity contribution in [2.45, 2.75) is 30.3 Å². The van der Waals surface area contributed by atoms with Gasteiger partial charge in [-0.25, -0.2) is 4.98 Å². The fraction of sp³-hybridized carbons (Fsp3) is 0.280. The second kappa shape index (κ2) is 11.7. The maximum Gasteiger partial charge on any atom is 0.244 e. The summed E-state index contributed by atoms with van der Waals surface area (Å²) < 4.78 is 2.13. The van der Waals surface area contributed by atoms with Crippen LogP contribution in [0.15, 0.2) is 76.8 Å². The van der Waals surface area contributed by atoms with Crippen molar-refractivity contribution in [1.82, 2.24) is 19.6 Å². The van der Waals surface area contributed by atoms with Crippen LogP contribution in [0, 0.1) is 0 Å². The number of hydrogen-bond acceptors (Lipinski definition) is 4. The maximum atomic E-state index is 12.5. The van der Waals surface area contributed by atoms with Gasteiger partial charge in [0.1, 0.15) is 5.65 Å². The number of nitrogens with zero attached hydrogens (tertiary/aromatic N) is 3. The van der Waals surface area contributed by atoms with Crippen LogP contribution < -0.4 is 5.32 Å². The van der Waals surface area contributed by atoms with Gasteiger partial charge in [-0.15, -0.1) is 24.8 Å². The Balaban J connectivity index is 0.00000153. The van der Waals surface area contributed by atoms with Gasteiger partial charge in [0.05, 0.1) is 16.9 Å². The number of pyridine rings is 1. The van der Waals surface area contributed by atoms with Crippen molar-refractivity contribution in [1.29, 1.82) is 0 Å². The molecule has 2 aliphatic rings. The molecule has 8 heteroatoms. The van der Waals surface area contributed by atoms with E-state index in [0.717, 1.165) is 60.2 Å². The lowest BCUT2D eigenvalue weighted by Crippen LogP contribution is -2.44. The average molecular weight is 503 g/mol. The third-order valence-corrected chi connectivity index (χ3v) is 6.94. The van der Waals surface area contributed by atoms with E-state index in [4.69, 9.17) is 0 Å². The number of halogens is 2. The number of carbonyl (C=O) groups excluding carboxylic acids is 1. The number of piperidine rings is 1. The van der Waals surface area contributed by atoms with Gasteiger partial charge in [0, 0.05) is 36.7 Å². The number of imidazole rings is 1. The molecule has 3 aromatic rings. The van der Waals surface area contributed by atoms with E-state index in [9.17, 15) is 4.79 Å². The number of amides is 1. The van der Waals surface area contributed by atoms with Gasteiger partial charge in [-0.3, -0.25) is 9.20 Å². The number of rotatable bonds is 6. The van der Waals surface area contributed by atoms with Crippen molar-refractivity contribution < 1.29 is 4.79 Å². The lowest BCUT2D eigenvalue weighted by molar-refractivity contribution is -0.117. The summed E-state index contributed by atoms with van der Waals surface area (Å²) in [5.74, 6) is -0.0125. The molecule has 2 aromatic heterocycles. The summed E-state index contributed by atoms with van der Waals surface area (Å²) in [4.78, 5) is 20.4. The Morgan fingerprint density at radius 2 is 1.88 bits per heavy atom. The highest BCUT2D eigenvalue weighted by molar-refractivity contribution is 8.03. The van der Waals surface area contributed by atoms with Crippen LogP contribution in [0.1, 0.15) is 24.1 Å². The molecule has 0 radical (unpaired) electrons. The van der Waals surface area contributed by atoms with Gasteiger partial charge in [0.2, 0.25) is 5.91 Å². The molecule has 174 valence electrons. The number of hydrogen-bond donors (Lipinski definition) is 1. The Morgan fingerprint density at radius 3 is 2.67 bits per heavy atom. The van der Waals surface area contributed by atoms with Crippen molar-refractivity contribution in [2.75, 3.05) is 19.6 Å². The van der Waals surface area contributed by atoms with Gasteiger partial charge in [-0.1, -0.05) is 48.2 Å². The quantitative estimate of drug-likeness (QED) is 0.481. The minimum atomic E-state index is -0.0125. The fourth-order valence-corrected chi connectivity index (χ4v) is 5.22.